The molecule has 1 saturated heterocycles. The van der Waals surface area contributed by atoms with Crippen molar-refractivity contribution in [3.05, 3.63) is 65.1 Å². The van der Waals surface area contributed by atoms with Gasteiger partial charge >= 0.3 is 0 Å². The maximum atomic E-state index is 13.2. The molecule has 3 heterocycles. The van der Waals surface area contributed by atoms with Crippen molar-refractivity contribution in [2.45, 2.75) is 38.6 Å². The summed E-state index contributed by atoms with van der Waals surface area (Å²) in [6.45, 7) is 5.15. The third kappa shape index (κ3) is 4.56. The number of likely N-dealkylation sites (tertiary alicyclic amines) is 1. The molecule has 2 aromatic heterocycles. The maximum absolute atomic E-state index is 13.2. The van der Waals surface area contributed by atoms with E-state index in [1.807, 2.05) is 47.5 Å². The Morgan fingerprint density at radius 3 is 2.45 bits per heavy atom. The van der Waals surface area contributed by atoms with Crippen molar-refractivity contribution in [1.29, 1.82) is 0 Å². The normalized spacial score (nSPS) is 15.9. The van der Waals surface area contributed by atoms with E-state index in [4.69, 9.17) is 11.6 Å². The van der Waals surface area contributed by atoms with Gasteiger partial charge in [0.05, 0.1) is 0 Å². The van der Waals surface area contributed by atoms with E-state index in [1.165, 1.54) is 0 Å². The Morgan fingerprint density at radius 1 is 1.06 bits per heavy atom. The Hall–Kier alpha value is -2.93. The summed E-state index contributed by atoms with van der Waals surface area (Å²) in [5.74, 6) is 0.860. The van der Waals surface area contributed by atoms with E-state index in [0.29, 0.717) is 23.7 Å². The van der Waals surface area contributed by atoms with Crippen LogP contribution >= 0.6 is 11.6 Å². The lowest BCUT2D eigenvalue weighted by molar-refractivity contribution is -0.135. The fourth-order valence-electron chi connectivity index (χ4n) is 4.03. The van der Waals surface area contributed by atoms with Crippen LogP contribution in [0.4, 0.5) is 0 Å². The highest BCUT2D eigenvalue weighted by Gasteiger charge is 2.32. The number of aromatic nitrogens is 3. The molecule has 0 unspecified atom stereocenters. The number of fused-ring (bicyclic) bond motifs is 1. The van der Waals surface area contributed by atoms with E-state index in [-0.39, 0.29) is 23.7 Å². The van der Waals surface area contributed by atoms with Crippen LogP contribution in [0.2, 0.25) is 5.02 Å². The Balaban J connectivity index is 1.41. The van der Waals surface area contributed by atoms with Crippen LogP contribution in [-0.2, 0) is 4.79 Å². The smallest absolute Gasteiger partial charge is 0.251 e. The van der Waals surface area contributed by atoms with Crippen molar-refractivity contribution in [2.75, 3.05) is 13.1 Å². The van der Waals surface area contributed by atoms with Gasteiger partial charge in [0.25, 0.3) is 5.91 Å². The van der Waals surface area contributed by atoms with E-state index in [0.717, 1.165) is 24.3 Å². The average Bonchev–Trinajstić information content (AvgIpc) is 3.21. The molecule has 0 radical (unpaired) electrons. The van der Waals surface area contributed by atoms with Crippen molar-refractivity contribution in [3.8, 4) is 0 Å². The summed E-state index contributed by atoms with van der Waals surface area (Å²) in [6, 6.07) is 11.9. The molecule has 8 heteroatoms. The number of nitrogens with one attached hydrogen (secondary N) is 1. The number of carbonyl (C=O) groups excluding carboxylic acids is 2. The van der Waals surface area contributed by atoms with Gasteiger partial charge in [0, 0.05) is 35.8 Å². The zero-order valence-electron chi connectivity index (χ0n) is 17.7. The molecule has 31 heavy (non-hydrogen) atoms. The van der Waals surface area contributed by atoms with Crippen molar-refractivity contribution in [1.82, 2.24) is 24.8 Å². The number of nitrogens with zero attached hydrogens (tertiary/aromatic N) is 4. The number of benzene rings is 1. The molecule has 1 aliphatic heterocycles. The number of halogens is 1. The molecule has 0 spiro atoms. The molecule has 7 nitrogen and oxygen atoms in total. The third-order valence-corrected chi connectivity index (χ3v) is 6.09. The first-order valence-electron chi connectivity index (χ1n) is 10.6. The fraction of sp³-hybridized carbons (Fsp3) is 0.391. The second-order valence-corrected chi connectivity index (χ2v) is 8.73. The van der Waals surface area contributed by atoms with Gasteiger partial charge < -0.3 is 10.2 Å². The van der Waals surface area contributed by atoms with Gasteiger partial charge in [0.1, 0.15) is 11.9 Å². The van der Waals surface area contributed by atoms with Gasteiger partial charge in [-0.2, -0.15) is 0 Å². The van der Waals surface area contributed by atoms with Gasteiger partial charge in [-0.3, -0.25) is 14.0 Å². The summed E-state index contributed by atoms with van der Waals surface area (Å²) in [5.41, 5.74) is 1.32. The number of amides is 2. The minimum Gasteiger partial charge on any atom is -0.341 e. The van der Waals surface area contributed by atoms with Gasteiger partial charge in [-0.1, -0.05) is 31.5 Å². The molecule has 1 fully saturated rings. The van der Waals surface area contributed by atoms with E-state index in [1.54, 1.807) is 24.3 Å². The molecule has 2 amide bonds. The molecular formula is C23H26ClN5O2. The van der Waals surface area contributed by atoms with Crippen LogP contribution in [0.3, 0.4) is 0 Å². The van der Waals surface area contributed by atoms with Crippen molar-refractivity contribution < 1.29 is 9.59 Å². The Kier molecular flexibility index (Phi) is 6.23. The fourth-order valence-corrected chi connectivity index (χ4v) is 4.16. The quantitative estimate of drug-likeness (QED) is 0.659. The van der Waals surface area contributed by atoms with E-state index in [9.17, 15) is 9.59 Å². The average molecular weight is 440 g/mol. The van der Waals surface area contributed by atoms with Crippen LogP contribution < -0.4 is 5.32 Å². The highest BCUT2D eigenvalue weighted by molar-refractivity contribution is 6.30. The Labute approximate surface area is 186 Å². The van der Waals surface area contributed by atoms with Gasteiger partial charge in [0.15, 0.2) is 5.65 Å². The van der Waals surface area contributed by atoms with Crippen molar-refractivity contribution >= 4 is 29.1 Å². The minimum absolute atomic E-state index is 0.0260. The summed E-state index contributed by atoms with van der Waals surface area (Å²) >= 11 is 5.90. The molecule has 1 atom stereocenters. The van der Waals surface area contributed by atoms with Gasteiger partial charge in [-0.25, -0.2) is 0 Å². The van der Waals surface area contributed by atoms with Crippen LogP contribution in [0.5, 0.6) is 0 Å². The first kappa shape index (κ1) is 21.3. The molecule has 4 rings (SSSR count). The van der Waals surface area contributed by atoms with Crippen LogP contribution in [0, 0.1) is 5.92 Å². The number of pyridine rings is 1. The third-order valence-electron chi connectivity index (χ3n) is 5.84. The summed E-state index contributed by atoms with van der Waals surface area (Å²) in [4.78, 5) is 27.7. The van der Waals surface area contributed by atoms with E-state index < -0.39 is 6.04 Å². The molecular weight excluding hydrogens is 414 g/mol. The summed E-state index contributed by atoms with van der Waals surface area (Å²) in [5, 5.41) is 12.1. The van der Waals surface area contributed by atoms with Crippen LogP contribution in [0.25, 0.3) is 5.65 Å². The standard InChI is InChI=1S/C23H26ClN5O2/c1-15(2)20(25-22(30)17-6-8-18(24)9-7-17)23(31)28-13-10-16(11-14-28)21-27-26-19-5-3-4-12-29(19)21/h3-9,12,15-16,20H,10-11,13-14H2,1-2H3,(H,25,30)/t20-/m0/s1. The molecule has 1 aliphatic rings. The lowest BCUT2D eigenvalue weighted by atomic mass is 9.94. The van der Waals surface area contributed by atoms with Gasteiger partial charge in [-0.15, -0.1) is 10.2 Å². The summed E-state index contributed by atoms with van der Waals surface area (Å²) < 4.78 is 2.02. The predicted molar refractivity (Wildman–Crippen MR) is 119 cm³/mol. The molecule has 162 valence electrons. The predicted octanol–water partition coefficient (Wildman–Crippen LogP) is 3.54. The SMILES string of the molecule is CC(C)[C@H](NC(=O)c1ccc(Cl)cc1)C(=O)N1CCC(c2nnc3ccccn23)CC1. The largest absolute Gasteiger partial charge is 0.341 e. The second kappa shape index (κ2) is 9.06. The second-order valence-electron chi connectivity index (χ2n) is 8.29. The number of piperidine rings is 1. The minimum atomic E-state index is -0.575. The maximum Gasteiger partial charge on any atom is 0.251 e. The lowest BCUT2D eigenvalue weighted by Crippen LogP contribution is -2.52. The zero-order valence-corrected chi connectivity index (χ0v) is 18.4. The summed E-state index contributed by atoms with van der Waals surface area (Å²) in [7, 11) is 0. The van der Waals surface area contributed by atoms with Gasteiger partial charge in [-0.05, 0) is 55.2 Å². The molecule has 0 bridgehead atoms. The zero-order chi connectivity index (χ0) is 22.0. The number of hydrogen-bond acceptors (Lipinski definition) is 4. The monoisotopic (exact) mass is 439 g/mol. The number of hydrogen-bond donors (Lipinski definition) is 1. The van der Waals surface area contributed by atoms with Crippen LogP contribution in [0.1, 0.15) is 48.8 Å². The lowest BCUT2D eigenvalue weighted by Gasteiger charge is -2.35. The molecule has 0 aliphatic carbocycles. The van der Waals surface area contributed by atoms with Crippen molar-refractivity contribution in [3.63, 3.8) is 0 Å². The highest BCUT2D eigenvalue weighted by atomic mass is 35.5. The molecule has 1 aromatic carbocycles. The number of rotatable bonds is 5. The van der Waals surface area contributed by atoms with Crippen molar-refractivity contribution in [2.24, 2.45) is 5.92 Å². The topological polar surface area (TPSA) is 79.6 Å². The van der Waals surface area contributed by atoms with E-state index >= 15 is 0 Å². The Bertz CT molecular complexity index is 1070. The highest BCUT2D eigenvalue weighted by Crippen LogP contribution is 2.27. The summed E-state index contributed by atoms with van der Waals surface area (Å²) in [6.07, 6.45) is 3.61. The molecule has 0 saturated carbocycles. The van der Waals surface area contributed by atoms with E-state index in [2.05, 4.69) is 15.5 Å². The molecule has 3 aromatic rings. The first-order chi connectivity index (χ1) is 14.9. The first-order valence-corrected chi connectivity index (χ1v) is 11.0. The molecule has 1 N–H and O–H groups in total. The Morgan fingerprint density at radius 2 is 1.77 bits per heavy atom. The van der Waals surface area contributed by atoms with Gasteiger partial charge in [0.2, 0.25) is 5.91 Å². The van der Waals surface area contributed by atoms with Crippen LogP contribution in [-0.4, -0.2) is 50.4 Å². The van der Waals surface area contributed by atoms with Crippen LogP contribution in [0.15, 0.2) is 48.7 Å². The number of carbonyl (C=O) groups is 2.